The lowest BCUT2D eigenvalue weighted by molar-refractivity contribution is -0.136. The van der Waals surface area contributed by atoms with Crippen LogP contribution in [0.4, 0.5) is 5.69 Å². The number of carboxylic acid groups (broad SMARTS) is 1. The zero-order chi connectivity index (χ0) is 22.3. The summed E-state index contributed by atoms with van der Waals surface area (Å²) in [4.78, 5) is 25.1. The Hall–Kier alpha value is -3.01. The predicted molar refractivity (Wildman–Crippen MR) is 117 cm³/mol. The van der Waals surface area contributed by atoms with Gasteiger partial charge in [0.1, 0.15) is 0 Å². The standard InChI is InChI=1S/C22H24N2O6S/c25-21(10-3-17-1-6-19(7-2-17)24-13-15-30-16-14-24)18-4-8-20(9-5-18)31(28,29)23-12-11-22(26)27/h1-10,23H,11-16H2,(H,26,27)/b10-3+. The molecule has 0 radical (unpaired) electrons. The van der Waals surface area contributed by atoms with E-state index in [1.54, 1.807) is 6.08 Å². The molecule has 0 unspecified atom stereocenters. The molecule has 1 saturated heterocycles. The average Bonchev–Trinajstić information content (AvgIpc) is 2.78. The van der Waals surface area contributed by atoms with Crippen molar-refractivity contribution in [2.24, 2.45) is 0 Å². The Labute approximate surface area is 181 Å². The second kappa shape index (κ2) is 10.3. The van der Waals surface area contributed by atoms with E-state index < -0.39 is 16.0 Å². The van der Waals surface area contributed by atoms with Gasteiger partial charge >= 0.3 is 5.97 Å². The van der Waals surface area contributed by atoms with Gasteiger partial charge in [0, 0.05) is 30.9 Å². The van der Waals surface area contributed by atoms with E-state index >= 15 is 0 Å². The Morgan fingerprint density at radius 1 is 1.03 bits per heavy atom. The van der Waals surface area contributed by atoms with Gasteiger partial charge in [-0.05, 0) is 48.0 Å². The topological polar surface area (TPSA) is 113 Å². The highest BCUT2D eigenvalue weighted by atomic mass is 32.2. The number of hydrogen-bond acceptors (Lipinski definition) is 6. The highest BCUT2D eigenvalue weighted by Crippen LogP contribution is 2.18. The molecule has 2 aromatic rings. The van der Waals surface area contributed by atoms with Gasteiger partial charge in [-0.15, -0.1) is 0 Å². The Morgan fingerprint density at radius 2 is 1.68 bits per heavy atom. The number of aliphatic carboxylic acids is 1. The van der Waals surface area contributed by atoms with Crippen LogP contribution in [0.1, 0.15) is 22.3 Å². The van der Waals surface area contributed by atoms with Crippen LogP contribution in [0, 0.1) is 0 Å². The highest BCUT2D eigenvalue weighted by Gasteiger charge is 2.15. The summed E-state index contributed by atoms with van der Waals surface area (Å²) >= 11 is 0. The van der Waals surface area contributed by atoms with Gasteiger partial charge in [0.2, 0.25) is 10.0 Å². The van der Waals surface area contributed by atoms with E-state index in [-0.39, 0.29) is 23.6 Å². The van der Waals surface area contributed by atoms with Crippen LogP contribution in [0.15, 0.2) is 59.5 Å². The molecule has 1 aliphatic heterocycles. The summed E-state index contributed by atoms with van der Waals surface area (Å²) in [7, 11) is -3.82. The maximum absolute atomic E-state index is 12.4. The quantitative estimate of drug-likeness (QED) is 0.450. The van der Waals surface area contributed by atoms with Gasteiger partial charge in [0.25, 0.3) is 0 Å². The lowest BCUT2D eigenvalue weighted by atomic mass is 10.1. The Bertz CT molecular complexity index is 1040. The number of allylic oxidation sites excluding steroid dienone is 1. The predicted octanol–water partition coefficient (Wildman–Crippen LogP) is 2.17. The smallest absolute Gasteiger partial charge is 0.304 e. The fourth-order valence-corrected chi connectivity index (χ4v) is 4.09. The maximum atomic E-state index is 12.4. The molecule has 1 aliphatic rings. The first-order valence-electron chi connectivity index (χ1n) is 9.82. The van der Waals surface area contributed by atoms with Crippen molar-refractivity contribution in [2.45, 2.75) is 11.3 Å². The normalized spacial score (nSPS) is 14.6. The fourth-order valence-electron chi connectivity index (χ4n) is 3.06. The number of benzene rings is 2. The Morgan fingerprint density at radius 3 is 2.29 bits per heavy atom. The van der Waals surface area contributed by atoms with Gasteiger partial charge in [0.15, 0.2) is 5.78 Å². The van der Waals surface area contributed by atoms with Crippen LogP contribution in [0.2, 0.25) is 0 Å². The number of carbonyl (C=O) groups is 2. The summed E-state index contributed by atoms with van der Waals surface area (Å²) in [5, 5.41) is 8.60. The van der Waals surface area contributed by atoms with Crippen molar-refractivity contribution < 1.29 is 27.9 Å². The van der Waals surface area contributed by atoms with Gasteiger partial charge in [0.05, 0.1) is 24.5 Å². The van der Waals surface area contributed by atoms with Crippen molar-refractivity contribution in [1.29, 1.82) is 0 Å². The van der Waals surface area contributed by atoms with E-state index in [0.717, 1.165) is 24.3 Å². The van der Waals surface area contributed by atoms with Crippen LogP contribution < -0.4 is 9.62 Å². The lowest BCUT2D eigenvalue weighted by Gasteiger charge is -2.28. The van der Waals surface area contributed by atoms with Crippen molar-refractivity contribution in [1.82, 2.24) is 4.72 Å². The lowest BCUT2D eigenvalue weighted by Crippen LogP contribution is -2.36. The van der Waals surface area contributed by atoms with Gasteiger partial charge in [-0.25, -0.2) is 13.1 Å². The zero-order valence-corrected chi connectivity index (χ0v) is 17.7. The second-order valence-electron chi connectivity index (χ2n) is 6.95. The van der Waals surface area contributed by atoms with Crippen LogP contribution >= 0.6 is 0 Å². The molecule has 2 aromatic carbocycles. The maximum Gasteiger partial charge on any atom is 0.304 e. The molecule has 0 aromatic heterocycles. The van der Waals surface area contributed by atoms with Gasteiger partial charge in [-0.1, -0.05) is 18.2 Å². The van der Waals surface area contributed by atoms with Crippen LogP contribution in [0.3, 0.4) is 0 Å². The minimum Gasteiger partial charge on any atom is -0.481 e. The number of rotatable bonds is 9. The van der Waals surface area contributed by atoms with E-state index in [1.165, 1.54) is 30.3 Å². The number of carboxylic acids is 1. The van der Waals surface area contributed by atoms with Crippen molar-refractivity contribution in [3.05, 3.63) is 65.7 Å². The molecule has 9 heteroatoms. The molecular formula is C22H24N2O6S. The van der Waals surface area contributed by atoms with Crippen LogP contribution in [0.5, 0.6) is 0 Å². The minimum atomic E-state index is -3.82. The summed E-state index contributed by atoms with van der Waals surface area (Å²) in [5.74, 6) is -1.34. The summed E-state index contributed by atoms with van der Waals surface area (Å²) in [6, 6.07) is 13.4. The zero-order valence-electron chi connectivity index (χ0n) is 16.9. The molecule has 0 bridgehead atoms. The van der Waals surface area contributed by atoms with Crippen LogP contribution in [0.25, 0.3) is 6.08 Å². The average molecular weight is 445 g/mol. The summed E-state index contributed by atoms with van der Waals surface area (Å²) < 4.78 is 31.8. The molecular weight excluding hydrogens is 420 g/mol. The first-order valence-corrected chi connectivity index (χ1v) is 11.3. The number of morpholine rings is 1. The molecule has 0 amide bonds. The Balaban J connectivity index is 1.60. The largest absolute Gasteiger partial charge is 0.481 e. The molecule has 31 heavy (non-hydrogen) atoms. The number of ether oxygens (including phenoxy) is 1. The molecule has 0 atom stereocenters. The van der Waals surface area contributed by atoms with E-state index in [9.17, 15) is 18.0 Å². The van der Waals surface area contributed by atoms with Crippen molar-refractivity contribution in [2.75, 3.05) is 37.7 Å². The number of nitrogens with zero attached hydrogens (tertiary/aromatic N) is 1. The summed E-state index contributed by atoms with van der Waals surface area (Å²) in [6.07, 6.45) is 2.84. The molecule has 0 aliphatic carbocycles. The van der Waals surface area contributed by atoms with Crippen LogP contribution in [-0.2, 0) is 19.6 Å². The molecule has 8 nitrogen and oxygen atoms in total. The highest BCUT2D eigenvalue weighted by molar-refractivity contribution is 7.89. The van der Waals surface area contributed by atoms with Gasteiger partial charge < -0.3 is 14.7 Å². The van der Waals surface area contributed by atoms with Gasteiger partial charge in [-0.3, -0.25) is 9.59 Å². The first-order chi connectivity index (χ1) is 14.8. The third-order valence-electron chi connectivity index (χ3n) is 4.78. The number of anilines is 1. The Kier molecular flexibility index (Phi) is 7.56. The third kappa shape index (κ3) is 6.48. The monoisotopic (exact) mass is 444 g/mol. The van der Waals surface area contributed by atoms with E-state index in [4.69, 9.17) is 9.84 Å². The molecule has 0 saturated carbocycles. The van der Waals surface area contributed by atoms with E-state index in [1.807, 2.05) is 24.3 Å². The molecule has 1 fully saturated rings. The first kappa shape index (κ1) is 22.7. The van der Waals surface area contributed by atoms with Crippen molar-refractivity contribution in [3.8, 4) is 0 Å². The number of nitrogens with one attached hydrogen (secondary N) is 1. The molecule has 3 rings (SSSR count). The molecule has 2 N–H and O–H groups in total. The summed E-state index contributed by atoms with van der Waals surface area (Å²) in [5.41, 5.74) is 2.35. The van der Waals surface area contributed by atoms with Gasteiger partial charge in [-0.2, -0.15) is 0 Å². The third-order valence-corrected chi connectivity index (χ3v) is 6.25. The second-order valence-corrected chi connectivity index (χ2v) is 8.72. The number of hydrogen-bond donors (Lipinski definition) is 2. The molecule has 164 valence electrons. The van der Waals surface area contributed by atoms with Crippen molar-refractivity contribution in [3.63, 3.8) is 0 Å². The van der Waals surface area contributed by atoms with Crippen molar-refractivity contribution >= 4 is 33.5 Å². The van der Waals surface area contributed by atoms with Crippen LogP contribution in [-0.4, -0.2) is 58.1 Å². The number of carbonyl (C=O) groups excluding carboxylic acids is 1. The molecule has 0 spiro atoms. The number of sulfonamides is 1. The minimum absolute atomic E-state index is 0.0304. The fraction of sp³-hybridized carbons (Fsp3) is 0.273. The van der Waals surface area contributed by atoms with E-state index in [0.29, 0.717) is 18.8 Å². The molecule has 1 heterocycles. The van der Waals surface area contributed by atoms with E-state index in [2.05, 4.69) is 9.62 Å². The SMILES string of the molecule is O=C(O)CCNS(=O)(=O)c1ccc(C(=O)/C=C/c2ccc(N3CCOCC3)cc2)cc1. The number of ketones is 1. The summed E-state index contributed by atoms with van der Waals surface area (Å²) in [6.45, 7) is 2.94.